The van der Waals surface area contributed by atoms with Gasteiger partial charge in [-0.25, -0.2) is 4.79 Å². The fraction of sp³-hybridized carbons (Fsp3) is 0.711. The molecule has 15 heteroatoms. The number of hydrogen-bond donors (Lipinski definition) is 0. The monoisotopic (exact) mass is 750 g/mol. The van der Waals surface area contributed by atoms with Crippen molar-refractivity contribution in [2.24, 2.45) is 22.7 Å². The molecule has 2 fully saturated rings. The van der Waals surface area contributed by atoms with Crippen molar-refractivity contribution in [1.29, 1.82) is 0 Å². The summed E-state index contributed by atoms with van der Waals surface area (Å²) in [6, 6.07) is 0. The number of carbonyl (C=O) groups is 7. The molecular weight excluding hydrogens is 696 g/mol. The Morgan fingerprint density at radius 3 is 1.92 bits per heavy atom. The fourth-order valence-corrected chi connectivity index (χ4v) is 8.01. The zero-order valence-electron chi connectivity index (χ0n) is 32.2. The highest BCUT2D eigenvalue weighted by Gasteiger charge is 2.57. The Morgan fingerprint density at radius 1 is 0.755 bits per heavy atom. The predicted molar refractivity (Wildman–Crippen MR) is 184 cm³/mol. The van der Waals surface area contributed by atoms with E-state index >= 15 is 0 Å². The standard InChI is InChI=1S/C38H54O15/c1-21-13-16-38(9)29(11-10-12-31(38)37(21,8)17-14-28(19-47-23(3)40)15-18-46-22(2)39)35(45)53-36-34(51-27(7)44)33(50-26(6)43)32(49-25(5)42)30(52-36)20-48-24(4)41/h11,15,21,30-34,36H,10,12-14,16-20H2,1-9H3. The van der Waals surface area contributed by atoms with E-state index in [0.717, 1.165) is 46.1 Å². The topological polar surface area (TPSA) is 193 Å². The summed E-state index contributed by atoms with van der Waals surface area (Å²) >= 11 is 0. The summed E-state index contributed by atoms with van der Waals surface area (Å²) in [4.78, 5) is 85.7. The third-order valence-corrected chi connectivity index (χ3v) is 10.7. The van der Waals surface area contributed by atoms with Crippen LogP contribution in [0.25, 0.3) is 0 Å². The molecule has 1 saturated carbocycles. The largest absolute Gasteiger partial charge is 0.463 e. The van der Waals surface area contributed by atoms with Crippen LogP contribution < -0.4 is 0 Å². The Hall–Kier alpha value is -4.27. The molecule has 15 nitrogen and oxygen atoms in total. The average molecular weight is 751 g/mol. The molecule has 9 unspecified atom stereocenters. The van der Waals surface area contributed by atoms with E-state index in [2.05, 4.69) is 13.8 Å². The number of ether oxygens (including phenoxy) is 8. The SMILES string of the molecule is CC(=O)OCC=C(CCC1(C)C(C)CCC2(C)C(C(=O)OC3OC(COC(C)=O)C(OC(C)=O)C(OC(C)=O)C3OC(C)=O)=CCCC21)COC(C)=O. The van der Waals surface area contributed by atoms with Gasteiger partial charge in [-0.3, -0.25) is 28.8 Å². The molecule has 0 N–H and O–H groups in total. The third-order valence-electron chi connectivity index (χ3n) is 10.7. The lowest BCUT2D eigenvalue weighted by atomic mass is 9.46. The van der Waals surface area contributed by atoms with Crippen molar-refractivity contribution in [3.05, 3.63) is 23.3 Å². The first-order valence-electron chi connectivity index (χ1n) is 17.9. The lowest BCUT2D eigenvalue weighted by Gasteiger charge is -2.58. The van der Waals surface area contributed by atoms with Gasteiger partial charge in [0.15, 0.2) is 12.2 Å². The quantitative estimate of drug-likeness (QED) is 0.139. The van der Waals surface area contributed by atoms with Gasteiger partial charge in [-0.1, -0.05) is 26.8 Å². The van der Waals surface area contributed by atoms with Crippen LogP contribution >= 0.6 is 0 Å². The molecule has 0 spiro atoms. The average Bonchev–Trinajstić information content (AvgIpc) is 3.04. The van der Waals surface area contributed by atoms with Crippen molar-refractivity contribution in [1.82, 2.24) is 0 Å². The molecule has 53 heavy (non-hydrogen) atoms. The van der Waals surface area contributed by atoms with E-state index in [1.807, 2.05) is 13.0 Å². The van der Waals surface area contributed by atoms with Gasteiger partial charge in [0.25, 0.3) is 0 Å². The Bertz CT molecular complexity index is 1460. The first-order valence-corrected chi connectivity index (χ1v) is 17.9. The summed E-state index contributed by atoms with van der Waals surface area (Å²) in [5, 5.41) is 0. The first kappa shape index (κ1) is 43.1. The van der Waals surface area contributed by atoms with Crippen LogP contribution in [-0.2, 0) is 71.5 Å². The van der Waals surface area contributed by atoms with Gasteiger partial charge in [0.05, 0.1) is 0 Å². The zero-order valence-corrected chi connectivity index (χ0v) is 32.2. The van der Waals surface area contributed by atoms with Gasteiger partial charge >= 0.3 is 41.8 Å². The maximum atomic E-state index is 14.3. The van der Waals surface area contributed by atoms with E-state index in [1.165, 1.54) is 13.8 Å². The van der Waals surface area contributed by atoms with Crippen LogP contribution in [0.3, 0.4) is 0 Å². The predicted octanol–water partition coefficient (Wildman–Crippen LogP) is 4.22. The third kappa shape index (κ3) is 11.4. The second kappa shape index (κ2) is 18.7. The molecule has 0 aromatic heterocycles. The van der Waals surface area contributed by atoms with Crippen molar-refractivity contribution in [3.63, 3.8) is 0 Å². The van der Waals surface area contributed by atoms with Crippen molar-refractivity contribution in [3.8, 4) is 0 Å². The van der Waals surface area contributed by atoms with Crippen LogP contribution in [0.15, 0.2) is 23.3 Å². The number of esters is 7. The highest BCUT2D eigenvalue weighted by molar-refractivity contribution is 5.90. The zero-order chi connectivity index (χ0) is 39.7. The minimum Gasteiger partial charge on any atom is -0.463 e. The lowest BCUT2D eigenvalue weighted by Crippen LogP contribution is -2.63. The Kier molecular flexibility index (Phi) is 15.2. The van der Waals surface area contributed by atoms with Crippen LogP contribution in [0.2, 0.25) is 0 Å². The highest BCUT2D eigenvalue weighted by Crippen LogP contribution is 2.62. The van der Waals surface area contributed by atoms with Gasteiger partial charge in [-0.15, -0.1) is 0 Å². The van der Waals surface area contributed by atoms with E-state index in [0.29, 0.717) is 31.3 Å². The number of carbonyl (C=O) groups excluding carboxylic acids is 7. The molecule has 1 saturated heterocycles. The van der Waals surface area contributed by atoms with E-state index in [-0.39, 0.29) is 30.5 Å². The number of allylic oxidation sites excluding steroid dienone is 1. The van der Waals surface area contributed by atoms with E-state index < -0.39 is 84.5 Å². The van der Waals surface area contributed by atoms with Gasteiger partial charge in [0.1, 0.15) is 25.9 Å². The van der Waals surface area contributed by atoms with Crippen LogP contribution in [0.1, 0.15) is 101 Å². The smallest absolute Gasteiger partial charge is 0.336 e. The second-order valence-corrected chi connectivity index (χ2v) is 14.5. The molecular formula is C38H54O15. The molecule has 3 aliphatic rings. The molecule has 1 aliphatic heterocycles. The fourth-order valence-electron chi connectivity index (χ4n) is 8.01. The Morgan fingerprint density at radius 2 is 1.34 bits per heavy atom. The summed E-state index contributed by atoms with van der Waals surface area (Å²) in [5.41, 5.74) is 0.312. The molecule has 1 heterocycles. The van der Waals surface area contributed by atoms with Crippen molar-refractivity contribution in [2.45, 2.75) is 132 Å². The normalized spacial score (nSPS) is 31.1. The van der Waals surface area contributed by atoms with Crippen LogP contribution in [0, 0.1) is 22.7 Å². The van der Waals surface area contributed by atoms with Crippen LogP contribution in [0.5, 0.6) is 0 Å². The van der Waals surface area contributed by atoms with Gasteiger partial charge in [-0.2, -0.15) is 0 Å². The highest BCUT2D eigenvalue weighted by atomic mass is 16.7. The molecule has 0 radical (unpaired) electrons. The number of hydrogen-bond acceptors (Lipinski definition) is 15. The molecule has 0 bridgehead atoms. The van der Waals surface area contributed by atoms with Crippen LogP contribution in [-0.4, -0.2) is 92.3 Å². The van der Waals surface area contributed by atoms with E-state index in [9.17, 15) is 33.6 Å². The van der Waals surface area contributed by atoms with Gasteiger partial charge in [0.2, 0.25) is 12.4 Å². The number of fused-ring (bicyclic) bond motifs is 1. The first-order chi connectivity index (χ1) is 24.8. The maximum absolute atomic E-state index is 14.3. The molecule has 9 atom stereocenters. The van der Waals surface area contributed by atoms with Gasteiger partial charge < -0.3 is 37.9 Å². The minimum absolute atomic E-state index is 0.0187. The number of rotatable bonds is 14. The second-order valence-electron chi connectivity index (χ2n) is 14.5. The van der Waals surface area contributed by atoms with Gasteiger partial charge in [-0.05, 0) is 67.4 Å². The molecule has 2 aliphatic carbocycles. The summed E-state index contributed by atoms with van der Waals surface area (Å²) in [6.07, 6.45) is 0.394. The summed E-state index contributed by atoms with van der Waals surface area (Å²) in [7, 11) is 0. The minimum atomic E-state index is -1.65. The molecule has 296 valence electrons. The van der Waals surface area contributed by atoms with E-state index in [1.54, 1.807) is 6.08 Å². The summed E-state index contributed by atoms with van der Waals surface area (Å²) in [6.45, 7) is 13.3. The summed E-state index contributed by atoms with van der Waals surface area (Å²) < 4.78 is 44.0. The molecule has 0 aromatic rings. The molecule has 0 aromatic carbocycles. The summed E-state index contributed by atoms with van der Waals surface area (Å²) in [5.74, 6) is -4.36. The Balaban J connectivity index is 1.94. The lowest BCUT2D eigenvalue weighted by molar-refractivity contribution is -0.300. The van der Waals surface area contributed by atoms with Crippen molar-refractivity contribution >= 4 is 41.8 Å². The Labute approximate surface area is 310 Å². The van der Waals surface area contributed by atoms with Crippen LogP contribution in [0.4, 0.5) is 0 Å². The molecule has 0 amide bonds. The van der Waals surface area contributed by atoms with Crippen molar-refractivity contribution < 1.29 is 71.5 Å². The van der Waals surface area contributed by atoms with Crippen molar-refractivity contribution in [2.75, 3.05) is 19.8 Å². The maximum Gasteiger partial charge on any atom is 0.336 e. The van der Waals surface area contributed by atoms with E-state index in [4.69, 9.17) is 37.9 Å². The molecule has 3 rings (SSSR count). The van der Waals surface area contributed by atoms with Gasteiger partial charge in [0, 0.05) is 52.5 Å².